The molecule has 0 aliphatic rings. The third-order valence-electron chi connectivity index (χ3n) is 3.78. The molecule has 1 amide bonds. The number of carbonyl (C=O) groups excluding carboxylic acids is 1. The zero-order valence-corrected chi connectivity index (χ0v) is 15.0. The molecule has 0 bridgehead atoms. The van der Waals surface area contributed by atoms with Gasteiger partial charge in [-0.3, -0.25) is 4.79 Å². The fourth-order valence-electron chi connectivity index (χ4n) is 2.38. The van der Waals surface area contributed by atoms with E-state index in [0.29, 0.717) is 28.8 Å². The standard InChI is InChI=1S/C19H17ClN2O4/c1-24-16-8-5-13(9-18(16)25-2)17-10-15(22-26-17)19(23)21-11-12-3-6-14(20)7-4-12/h3-10H,11H2,1-2H3,(H,21,23). The number of benzene rings is 2. The second kappa shape index (κ2) is 7.93. The lowest BCUT2D eigenvalue weighted by Gasteiger charge is -2.07. The van der Waals surface area contributed by atoms with Gasteiger partial charge in [0.05, 0.1) is 14.2 Å². The SMILES string of the molecule is COc1ccc(-c2cc(C(=O)NCc3ccc(Cl)cc3)no2)cc1OC. The summed E-state index contributed by atoms with van der Waals surface area (Å²) >= 11 is 5.85. The van der Waals surface area contributed by atoms with Crippen LogP contribution in [0.2, 0.25) is 5.02 Å². The van der Waals surface area contributed by atoms with Crippen LogP contribution in [0.1, 0.15) is 16.1 Å². The van der Waals surface area contributed by atoms with Gasteiger partial charge in [0.2, 0.25) is 0 Å². The number of hydrogen-bond donors (Lipinski definition) is 1. The van der Waals surface area contributed by atoms with Crippen LogP contribution < -0.4 is 14.8 Å². The van der Waals surface area contributed by atoms with Gasteiger partial charge >= 0.3 is 0 Å². The molecule has 0 fully saturated rings. The van der Waals surface area contributed by atoms with Gasteiger partial charge in [0.15, 0.2) is 23.0 Å². The van der Waals surface area contributed by atoms with E-state index in [0.717, 1.165) is 11.1 Å². The van der Waals surface area contributed by atoms with E-state index < -0.39 is 0 Å². The first-order chi connectivity index (χ1) is 12.6. The molecule has 0 saturated heterocycles. The topological polar surface area (TPSA) is 73.6 Å². The van der Waals surface area contributed by atoms with Gasteiger partial charge < -0.3 is 19.3 Å². The van der Waals surface area contributed by atoms with Crippen LogP contribution in [-0.2, 0) is 6.54 Å². The predicted octanol–water partition coefficient (Wildman–Crippen LogP) is 3.94. The number of hydrogen-bond acceptors (Lipinski definition) is 5. The molecule has 0 spiro atoms. The molecule has 0 atom stereocenters. The molecule has 0 radical (unpaired) electrons. The van der Waals surface area contributed by atoms with Crippen molar-refractivity contribution in [2.45, 2.75) is 6.54 Å². The van der Waals surface area contributed by atoms with Gasteiger partial charge in [-0.15, -0.1) is 0 Å². The molecule has 1 heterocycles. The summed E-state index contributed by atoms with van der Waals surface area (Å²) in [5, 5.41) is 7.28. The van der Waals surface area contributed by atoms with Crippen molar-refractivity contribution in [2.24, 2.45) is 0 Å². The van der Waals surface area contributed by atoms with Crippen LogP contribution in [0.4, 0.5) is 0 Å². The zero-order chi connectivity index (χ0) is 18.5. The second-order valence-electron chi connectivity index (χ2n) is 5.46. The molecule has 26 heavy (non-hydrogen) atoms. The minimum Gasteiger partial charge on any atom is -0.493 e. The first-order valence-corrected chi connectivity index (χ1v) is 8.20. The zero-order valence-electron chi connectivity index (χ0n) is 14.3. The molecule has 134 valence electrons. The van der Waals surface area contributed by atoms with Gasteiger partial charge in [-0.25, -0.2) is 0 Å². The molecule has 6 nitrogen and oxygen atoms in total. The van der Waals surface area contributed by atoms with E-state index in [2.05, 4.69) is 10.5 Å². The second-order valence-corrected chi connectivity index (χ2v) is 5.89. The molecule has 0 aliphatic heterocycles. The lowest BCUT2D eigenvalue weighted by atomic mass is 10.1. The fraction of sp³-hybridized carbons (Fsp3) is 0.158. The van der Waals surface area contributed by atoms with Gasteiger partial charge in [0.1, 0.15) is 0 Å². The van der Waals surface area contributed by atoms with Crippen molar-refractivity contribution in [1.29, 1.82) is 0 Å². The van der Waals surface area contributed by atoms with Crippen molar-refractivity contribution in [2.75, 3.05) is 14.2 Å². The highest BCUT2D eigenvalue weighted by atomic mass is 35.5. The third kappa shape index (κ3) is 3.97. The average Bonchev–Trinajstić information content (AvgIpc) is 3.17. The fourth-order valence-corrected chi connectivity index (χ4v) is 2.51. The Bertz CT molecular complexity index is 906. The van der Waals surface area contributed by atoms with Crippen molar-refractivity contribution >= 4 is 17.5 Å². The van der Waals surface area contributed by atoms with Crippen molar-refractivity contribution in [3.63, 3.8) is 0 Å². The lowest BCUT2D eigenvalue weighted by molar-refractivity contribution is 0.0942. The average molecular weight is 373 g/mol. The molecule has 1 N–H and O–H groups in total. The number of aromatic nitrogens is 1. The third-order valence-corrected chi connectivity index (χ3v) is 4.03. The summed E-state index contributed by atoms with van der Waals surface area (Å²) in [5.41, 5.74) is 1.86. The van der Waals surface area contributed by atoms with Gasteiger partial charge in [-0.1, -0.05) is 28.9 Å². The van der Waals surface area contributed by atoms with E-state index in [1.807, 2.05) is 12.1 Å². The van der Waals surface area contributed by atoms with E-state index in [1.165, 1.54) is 0 Å². The Morgan fingerprint density at radius 3 is 2.50 bits per heavy atom. The smallest absolute Gasteiger partial charge is 0.273 e. The largest absolute Gasteiger partial charge is 0.493 e. The van der Waals surface area contributed by atoms with Crippen LogP contribution in [-0.4, -0.2) is 25.3 Å². The Morgan fingerprint density at radius 2 is 1.81 bits per heavy atom. The predicted molar refractivity (Wildman–Crippen MR) is 97.7 cm³/mol. The minimum absolute atomic E-state index is 0.198. The van der Waals surface area contributed by atoms with E-state index in [4.69, 9.17) is 25.6 Å². The molecule has 0 aliphatic carbocycles. The van der Waals surface area contributed by atoms with E-state index in [9.17, 15) is 4.79 Å². The summed E-state index contributed by atoms with van der Waals surface area (Å²) < 4.78 is 15.8. The molecule has 0 saturated carbocycles. The molecular formula is C19H17ClN2O4. The highest BCUT2D eigenvalue weighted by Gasteiger charge is 2.15. The Labute approximate surface area is 155 Å². The Kier molecular flexibility index (Phi) is 5.43. The molecule has 3 rings (SSSR count). The summed E-state index contributed by atoms with van der Waals surface area (Å²) in [6, 6.07) is 14.1. The highest BCUT2D eigenvalue weighted by molar-refractivity contribution is 6.30. The van der Waals surface area contributed by atoms with E-state index in [-0.39, 0.29) is 11.6 Å². The van der Waals surface area contributed by atoms with Crippen LogP contribution >= 0.6 is 11.6 Å². The normalized spacial score (nSPS) is 10.4. The van der Waals surface area contributed by atoms with Crippen LogP contribution in [0.15, 0.2) is 53.1 Å². The van der Waals surface area contributed by atoms with Crippen molar-refractivity contribution in [1.82, 2.24) is 10.5 Å². The summed E-state index contributed by atoms with van der Waals surface area (Å²) in [5.74, 6) is 1.31. The summed E-state index contributed by atoms with van der Waals surface area (Å²) in [6.07, 6.45) is 0. The number of carbonyl (C=O) groups is 1. The number of nitrogens with zero attached hydrogens (tertiary/aromatic N) is 1. The van der Waals surface area contributed by atoms with Gasteiger partial charge in [0, 0.05) is 23.2 Å². The van der Waals surface area contributed by atoms with Gasteiger partial charge in [0.25, 0.3) is 5.91 Å². The Balaban J connectivity index is 1.70. The van der Waals surface area contributed by atoms with Crippen LogP contribution in [0.5, 0.6) is 11.5 Å². The van der Waals surface area contributed by atoms with Crippen molar-refractivity contribution in [3.05, 3.63) is 64.8 Å². The molecule has 3 aromatic rings. The van der Waals surface area contributed by atoms with E-state index in [1.54, 1.807) is 50.6 Å². The first kappa shape index (κ1) is 17.8. The maximum Gasteiger partial charge on any atom is 0.273 e. The molecule has 2 aromatic carbocycles. The van der Waals surface area contributed by atoms with Crippen LogP contribution in [0.3, 0.4) is 0 Å². The summed E-state index contributed by atoms with van der Waals surface area (Å²) in [6.45, 7) is 0.370. The number of rotatable bonds is 6. The van der Waals surface area contributed by atoms with Crippen molar-refractivity contribution in [3.8, 4) is 22.8 Å². The summed E-state index contributed by atoms with van der Waals surface area (Å²) in [4.78, 5) is 12.2. The quantitative estimate of drug-likeness (QED) is 0.709. The Morgan fingerprint density at radius 1 is 1.08 bits per heavy atom. The number of methoxy groups -OCH3 is 2. The molecular weight excluding hydrogens is 356 g/mol. The van der Waals surface area contributed by atoms with E-state index >= 15 is 0 Å². The highest BCUT2D eigenvalue weighted by Crippen LogP contribution is 2.32. The Hall–Kier alpha value is -2.99. The van der Waals surface area contributed by atoms with Crippen molar-refractivity contribution < 1.29 is 18.8 Å². The molecule has 0 unspecified atom stereocenters. The minimum atomic E-state index is -0.324. The molecule has 1 aromatic heterocycles. The maximum atomic E-state index is 12.2. The molecule has 7 heteroatoms. The number of halogens is 1. The van der Waals surface area contributed by atoms with Crippen LogP contribution in [0.25, 0.3) is 11.3 Å². The summed E-state index contributed by atoms with van der Waals surface area (Å²) in [7, 11) is 3.12. The van der Waals surface area contributed by atoms with Crippen LogP contribution in [0, 0.1) is 0 Å². The lowest BCUT2D eigenvalue weighted by Crippen LogP contribution is -2.22. The number of ether oxygens (including phenoxy) is 2. The van der Waals surface area contributed by atoms with Gasteiger partial charge in [-0.05, 0) is 35.9 Å². The number of nitrogens with one attached hydrogen (secondary N) is 1. The first-order valence-electron chi connectivity index (χ1n) is 7.82. The monoisotopic (exact) mass is 372 g/mol. The van der Waals surface area contributed by atoms with Gasteiger partial charge in [-0.2, -0.15) is 0 Å². The number of amides is 1. The maximum absolute atomic E-state index is 12.2.